The lowest BCUT2D eigenvalue weighted by atomic mass is 10.1. The molecule has 1 atom stereocenters. The number of hydrogen-bond donors (Lipinski definition) is 1. The Bertz CT molecular complexity index is 1070. The quantitative estimate of drug-likeness (QED) is 0.463. The summed E-state index contributed by atoms with van der Waals surface area (Å²) in [7, 11) is 0. The molecular weight excluding hydrogens is 392 g/mol. The molecule has 0 saturated heterocycles. The number of anilines is 1. The highest BCUT2D eigenvalue weighted by atomic mass is 16.5. The van der Waals surface area contributed by atoms with Gasteiger partial charge in [-0.15, -0.1) is 0 Å². The van der Waals surface area contributed by atoms with Gasteiger partial charge in [0, 0.05) is 23.5 Å². The van der Waals surface area contributed by atoms with Gasteiger partial charge in [-0.2, -0.15) is 0 Å². The number of nitrogens with zero attached hydrogens (tertiary/aromatic N) is 1. The molecule has 0 spiro atoms. The molecule has 1 aliphatic rings. The van der Waals surface area contributed by atoms with E-state index in [9.17, 15) is 9.59 Å². The van der Waals surface area contributed by atoms with Crippen molar-refractivity contribution in [2.75, 3.05) is 11.9 Å². The summed E-state index contributed by atoms with van der Waals surface area (Å²) in [4.78, 5) is 29.4. The zero-order chi connectivity index (χ0) is 21.6. The molecule has 1 unspecified atom stereocenters. The maximum absolute atomic E-state index is 12.6. The van der Waals surface area contributed by atoms with Crippen molar-refractivity contribution in [3.8, 4) is 5.75 Å². The third-order valence-electron chi connectivity index (χ3n) is 5.06. The molecule has 2 heterocycles. The van der Waals surface area contributed by atoms with Gasteiger partial charge in [-0.1, -0.05) is 30.3 Å². The highest BCUT2D eigenvalue weighted by molar-refractivity contribution is 5.97. The average molecular weight is 416 g/mol. The van der Waals surface area contributed by atoms with Crippen molar-refractivity contribution in [3.05, 3.63) is 89.2 Å². The summed E-state index contributed by atoms with van der Waals surface area (Å²) in [5, 5.41) is 2.83. The molecule has 6 heteroatoms. The summed E-state index contributed by atoms with van der Waals surface area (Å²) < 4.78 is 11.1. The van der Waals surface area contributed by atoms with Gasteiger partial charge in [0.1, 0.15) is 5.75 Å². The first-order valence-corrected chi connectivity index (χ1v) is 10.3. The van der Waals surface area contributed by atoms with Crippen LogP contribution in [0.3, 0.4) is 0 Å². The minimum absolute atomic E-state index is 0.243. The molecule has 0 aliphatic carbocycles. The molecular formula is C25H24N2O4. The van der Waals surface area contributed by atoms with Crippen LogP contribution in [0.5, 0.6) is 5.75 Å². The van der Waals surface area contributed by atoms with Crippen molar-refractivity contribution < 1.29 is 19.1 Å². The van der Waals surface area contributed by atoms with Crippen molar-refractivity contribution in [2.45, 2.75) is 32.3 Å². The number of rotatable bonds is 7. The number of pyridine rings is 1. The molecule has 1 N–H and O–H groups in total. The van der Waals surface area contributed by atoms with Crippen LogP contribution in [-0.2, 0) is 22.4 Å². The summed E-state index contributed by atoms with van der Waals surface area (Å²) in [5.74, 6) is 0.0750. The van der Waals surface area contributed by atoms with Crippen LogP contribution in [0, 0.1) is 6.92 Å². The van der Waals surface area contributed by atoms with Gasteiger partial charge in [-0.05, 0) is 61.7 Å². The fraction of sp³-hybridized carbons (Fsp3) is 0.240. The Hall–Kier alpha value is -3.67. The molecule has 0 bridgehead atoms. The number of hydrogen-bond acceptors (Lipinski definition) is 5. The highest BCUT2D eigenvalue weighted by Crippen LogP contribution is 2.28. The number of fused-ring (bicyclic) bond motifs is 1. The van der Waals surface area contributed by atoms with E-state index in [-0.39, 0.29) is 5.91 Å². The lowest BCUT2D eigenvalue weighted by molar-refractivity contribution is -0.122. The van der Waals surface area contributed by atoms with E-state index in [1.165, 1.54) is 0 Å². The summed E-state index contributed by atoms with van der Waals surface area (Å²) in [6.07, 6.45) is 1.38. The van der Waals surface area contributed by atoms with E-state index < -0.39 is 12.1 Å². The smallest absolute Gasteiger partial charge is 0.338 e. The van der Waals surface area contributed by atoms with Crippen molar-refractivity contribution >= 4 is 17.6 Å². The second-order valence-electron chi connectivity index (χ2n) is 7.50. The third kappa shape index (κ3) is 5.28. The van der Waals surface area contributed by atoms with E-state index in [1.54, 1.807) is 24.3 Å². The monoisotopic (exact) mass is 416 g/mol. The molecule has 3 aromatic rings. The predicted octanol–water partition coefficient (Wildman–Crippen LogP) is 4.12. The second kappa shape index (κ2) is 9.43. The first kappa shape index (κ1) is 20.6. The maximum atomic E-state index is 12.6. The van der Waals surface area contributed by atoms with Crippen molar-refractivity contribution in [3.63, 3.8) is 0 Å². The van der Waals surface area contributed by atoms with Crippen LogP contribution >= 0.6 is 0 Å². The number of carbonyl (C=O) groups excluding carboxylic acids is 2. The Balaban J connectivity index is 1.27. The SMILES string of the molecule is Cc1cccc(CCCOC(=O)c2cccc(NC(=O)C3Cc4ccccc4O3)c2)n1. The summed E-state index contributed by atoms with van der Waals surface area (Å²) >= 11 is 0. The van der Waals surface area contributed by atoms with E-state index in [0.29, 0.717) is 30.7 Å². The number of benzene rings is 2. The second-order valence-corrected chi connectivity index (χ2v) is 7.50. The van der Waals surface area contributed by atoms with E-state index >= 15 is 0 Å². The standard InChI is InChI=1S/C25H24N2O4/c1-17-7-4-10-20(26-17)12-6-14-30-25(29)19-9-5-11-21(15-19)27-24(28)23-16-18-8-2-3-13-22(18)31-23/h2-5,7-11,13,15,23H,6,12,14,16H2,1H3,(H,27,28). The van der Waals surface area contributed by atoms with Gasteiger partial charge in [0.05, 0.1) is 12.2 Å². The number of aromatic nitrogens is 1. The Kier molecular flexibility index (Phi) is 6.26. The van der Waals surface area contributed by atoms with Crippen LogP contribution < -0.4 is 10.1 Å². The Morgan fingerprint density at radius 3 is 2.77 bits per heavy atom. The number of aryl methyl sites for hydroxylation is 2. The molecule has 1 aromatic heterocycles. The van der Waals surface area contributed by atoms with Crippen LogP contribution in [-0.4, -0.2) is 29.6 Å². The summed E-state index contributed by atoms with van der Waals surface area (Å²) in [6.45, 7) is 2.26. The number of amides is 1. The van der Waals surface area contributed by atoms with Gasteiger partial charge in [0.25, 0.3) is 5.91 Å². The van der Waals surface area contributed by atoms with E-state index in [0.717, 1.165) is 29.1 Å². The van der Waals surface area contributed by atoms with E-state index in [2.05, 4.69) is 10.3 Å². The zero-order valence-corrected chi connectivity index (χ0v) is 17.3. The topological polar surface area (TPSA) is 77.5 Å². The largest absolute Gasteiger partial charge is 0.480 e. The molecule has 0 fully saturated rings. The molecule has 4 rings (SSSR count). The zero-order valence-electron chi connectivity index (χ0n) is 17.3. The van der Waals surface area contributed by atoms with Gasteiger partial charge >= 0.3 is 5.97 Å². The van der Waals surface area contributed by atoms with Gasteiger partial charge in [-0.3, -0.25) is 9.78 Å². The Labute approximate surface area is 181 Å². The first-order valence-electron chi connectivity index (χ1n) is 10.3. The van der Waals surface area contributed by atoms with Crippen molar-refractivity contribution in [2.24, 2.45) is 0 Å². The molecule has 0 saturated carbocycles. The number of carbonyl (C=O) groups is 2. The molecule has 2 aromatic carbocycles. The molecule has 1 amide bonds. The van der Waals surface area contributed by atoms with Crippen LogP contribution in [0.25, 0.3) is 0 Å². The highest BCUT2D eigenvalue weighted by Gasteiger charge is 2.28. The molecule has 1 aliphatic heterocycles. The fourth-order valence-corrected chi connectivity index (χ4v) is 3.52. The summed E-state index contributed by atoms with van der Waals surface area (Å²) in [5.41, 5.74) is 3.89. The number of para-hydroxylation sites is 1. The number of ether oxygens (including phenoxy) is 2. The minimum atomic E-state index is -0.580. The number of nitrogens with one attached hydrogen (secondary N) is 1. The molecule has 31 heavy (non-hydrogen) atoms. The van der Waals surface area contributed by atoms with E-state index in [4.69, 9.17) is 9.47 Å². The Morgan fingerprint density at radius 1 is 1.10 bits per heavy atom. The number of esters is 1. The lowest BCUT2D eigenvalue weighted by Crippen LogP contribution is -2.31. The molecule has 0 radical (unpaired) electrons. The van der Waals surface area contributed by atoms with Crippen LogP contribution in [0.15, 0.2) is 66.7 Å². The Morgan fingerprint density at radius 2 is 1.94 bits per heavy atom. The van der Waals surface area contributed by atoms with Gasteiger partial charge < -0.3 is 14.8 Å². The predicted molar refractivity (Wildman–Crippen MR) is 117 cm³/mol. The average Bonchev–Trinajstić information content (AvgIpc) is 3.21. The van der Waals surface area contributed by atoms with Gasteiger partial charge in [-0.25, -0.2) is 4.79 Å². The third-order valence-corrected chi connectivity index (χ3v) is 5.06. The lowest BCUT2D eigenvalue weighted by Gasteiger charge is -2.12. The molecule has 158 valence electrons. The van der Waals surface area contributed by atoms with Gasteiger partial charge in [0.15, 0.2) is 6.10 Å². The first-order chi connectivity index (χ1) is 15.1. The minimum Gasteiger partial charge on any atom is -0.480 e. The normalized spacial score (nSPS) is 14.4. The van der Waals surface area contributed by atoms with Crippen LogP contribution in [0.2, 0.25) is 0 Å². The maximum Gasteiger partial charge on any atom is 0.338 e. The summed E-state index contributed by atoms with van der Waals surface area (Å²) in [6, 6.07) is 20.2. The van der Waals surface area contributed by atoms with Crippen molar-refractivity contribution in [1.29, 1.82) is 0 Å². The van der Waals surface area contributed by atoms with Crippen LogP contribution in [0.1, 0.15) is 33.7 Å². The fourth-order valence-electron chi connectivity index (χ4n) is 3.52. The van der Waals surface area contributed by atoms with Crippen molar-refractivity contribution in [1.82, 2.24) is 4.98 Å². The van der Waals surface area contributed by atoms with E-state index in [1.807, 2.05) is 49.4 Å². The van der Waals surface area contributed by atoms with Crippen LogP contribution in [0.4, 0.5) is 5.69 Å². The molecule has 6 nitrogen and oxygen atoms in total. The van der Waals surface area contributed by atoms with Gasteiger partial charge in [0.2, 0.25) is 0 Å².